The van der Waals surface area contributed by atoms with Gasteiger partial charge in [0.05, 0.1) is 29.6 Å². The minimum absolute atomic E-state index is 0.0611. The van der Waals surface area contributed by atoms with E-state index in [1.807, 2.05) is 0 Å². The Balaban J connectivity index is 1.80. The minimum Gasteiger partial charge on any atom is -0.462 e. The molecule has 0 aliphatic heterocycles. The van der Waals surface area contributed by atoms with Gasteiger partial charge in [-0.15, -0.1) is 0 Å². The molecule has 1 amide bonds. The molecule has 3 N–H and O–H groups in total. The molecule has 0 unspecified atom stereocenters. The van der Waals surface area contributed by atoms with E-state index in [1.54, 1.807) is 6.92 Å². The molecule has 1 saturated carbocycles. The van der Waals surface area contributed by atoms with E-state index < -0.39 is 5.97 Å². The SMILES string of the molecule is Cc1ncc(N)cc1C(=O)OCCC(=O)NC1CC1. The molecule has 1 heterocycles. The topological polar surface area (TPSA) is 94.3 Å². The Labute approximate surface area is 111 Å². The molecule has 1 aliphatic rings. The van der Waals surface area contributed by atoms with Crippen LogP contribution >= 0.6 is 0 Å². The normalized spacial score (nSPS) is 13.9. The van der Waals surface area contributed by atoms with Gasteiger partial charge in [0.15, 0.2) is 0 Å². The highest BCUT2D eigenvalue weighted by Gasteiger charge is 2.23. The summed E-state index contributed by atoms with van der Waals surface area (Å²) in [5, 5.41) is 2.83. The quantitative estimate of drug-likeness (QED) is 0.766. The molecule has 0 spiro atoms. The highest BCUT2D eigenvalue weighted by molar-refractivity contribution is 5.91. The Kier molecular flexibility index (Phi) is 3.99. The van der Waals surface area contributed by atoms with Gasteiger partial charge in [0, 0.05) is 6.04 Å². The minimum atomic E-state index is -0.503. The number of pyridine rings is 1. The van der Waals surface area contributed by atoms with Crippen molar-refractivity contribution in [2.45, 2.75) is 32.2 Å². The van der Waals surface area contributed by atoms with Gasteiger partial charge >= 0.3 is 5.97 Å². The van der Waals surface area contributed by atoms with Crippen LogP contribution in [0.1, 0.15) is 35.3 Å². The maximum absolute atomic E-state index is 11.8. The van der Waals surface area contributed by atoms with Gasteiger partial charge in [0.2, 0.25) is 5.91 Å². The number of nitrogens with one attached hydrogen (secondary N) is 1. The molecule has 102 valence electrons. The van der Waals surface area contributed by atoms with E-state index in [0.29, 0.717) is 23.0 Å². The zero-order valence-corrected chi connectivity index (χ0v) is 10.8. The second kappa shape index (κ2) is 5.69. The van der Waals surface area contributed by atoms with Gasteiger partial charge in [-0.05, 0) is 25.8 Å². The maximum Gasteiger partial charge on any atom is 0.340 e. The molecule has 0 saturated heterocycles. The molecule has 0 atom stereocenters. The molecular formula is C13H17N3O3. The van der Waals surface area contributed by atoms with Crippen LogP contribution in [-0.4, -0.2) is 29.5 Å². The molecule has 6 nitrogen and oxygen atoms in total. The Morgan fingerprint density at radius 1 is 1.53 bits per heavy atom. The molecule has 1 aliphatic carbocycles. The number of carbonyl (C=O) groups excluding carboxylic acids is 2. The number of ether oxygens (including phenoxy) is 1. The third-order valence-corrected chi connectivity index (χ3v) is 2.83. The number of hydrogen-bond donors (Lipinski definition) is 2. The number of nitrogens with zero attached hydrogens (tertiary/aromatic N) is 1. The summed E-state index contributed by atoms with van der Waals surface area (Å²) in [6, 6.07) is 1.85. The predicted molar refractivity (Wildman–Crippen MR) is 69.5 cm³/mol. The first-order chi connectivity index (χ1) is 9.06. The summed E-state index contributed by atoms with van der Waals surface area (Å²) >= 11 is 0. The van der Waals surface area contributed by atoms with Gasteiger partial charge in [-0.1, -0.05) is 0 Å². The van der Waals surface area contributed by atoms with Crippen molar-refractivity contribution in [3.63, 3.8) is 0 Å². The molecule has 1 fully saturated rings. The first-order valence-corrected chi connectivity index (χ1v) is 6.25. The lowest BCUT2D eigenvalue weighted by Gasteiger charge is -2.07. The molecular weight excluding hydrogens is 246 g/mol. The summed E-state index contributed by atoms with van der Waals surface area (Å²) in [7, 11) is 0. The van der Waals surface area contributed by atoms with Crippen molar-refractivity contribution in [3.05, 3.63) is 23.5 Å². The van der Waals surface area contributed by atoms with Crippen LogP contribution in [-0.2, 0) is 9.53 Å². The number of rotatable bonds is 5. The van der Waals surface area contributed by atoms with E-state index in [-0.39, 0.29) is 18.9 Å². The molecule has 1 aromatic rings. The van der Waals surface area contributed by atoms with Crippen LogP contribution in [0.5, 0.6) is 0 Å². The fourth-order valence-electron chi connectivity index (χ4n) is 1.60. The van der Waals surface area contributed by atoms with Crippen molar-refractivity contribution >= 4 is 17.6 Å². The molecule has 0 aromatic carbocycles. The van der Waals surface area contributed by atoms with Crippen LogP contribution in [0.3, 0.4) is 0 Å². The average molecular weight is 263 g/mol. The molecule has 1 aromatic heterocycles. The molecule has 0 bridgehead atoms. The molecule has 2 rings (SSSR count). The van der Waals surface area contributed by atoms with Crippen molar-refractivity contribution in [2.24, 2.45) is 0 Å². The van der Waals surface area contributed by atoms with Crippen molar-refractivity contribution in [1.82, 2.24) is 10.3 Å². The first kappa shape index (κ1) is 13.3. The highest BCUT2D eigenvalue weighted by atomic mass is 16.5. The number of aryl methyl sites for hydroxylation is 1. The maximum atomic E-state index is 11.8. The summed E-state index contributed by atoms with van der Waals surface area (Å²) < 4.78 is 5.04. The predicted octanol–water partition coefficient (Wildman–Crippen LogP) is 0.798. The molecule has 19 heavy (non-hydrogen) atoms. The Morgan fingerprint density at radius 2 is 2.26 bits per heavy atom. The number of amides is 1. The lowest BCUT2D eigenvalue weighted by molar-refractivity contribution is -0.121. The van der Waals surface area contributed by atoms with Crippen LogP contribution in [0.25, 0.3) is 0 Å². The van der Waals surface area contributed by atoms with Crippen molar-refractivity contribution < 1.29 is 14.3 Å². The Hall–Kier alpha value is -2.11. The van der Waals surface area contributed by atoms with Crippen LogP contribution in [0.2, 0.25) is 0 Å². The number of nitrogen functional groups attached to an aromatic ring is 1. The zero-order chi connectivity index (χ0) is 13.8. The van der Waals surface area contributed by atoms with Crippen molar-refractivity contribution in [3.8, 4) is 0 Å². The fraction of sp³-hybridized carbons (Fsp3) is 0.462. The second-order valence-corrected chi connectivity index (χ2v) is 4.63. The van der Waals surface area contributed by atoms with Crippen LogP contribution in [0.15, 0.2) is 12.3 Å². The van der Waals surface area contributed by atoms with Crippen LogP contribution in [0.4, 0.5) is 5.69 Å². The van der Waals surface area contributed by atoms with E-state index in [1.165, 1.54) is 12.3 Å². The summed E-state index contributed by atoms with van der Waals surface area (Å²) in [6.07, 6.45) is 3.74. The number of hydrogen-bond acceptors (Lipinski definition) is 5. The average Bonchev–Trinajstić information content (AvgIpc) is 3.16. The van der Waals surface area contributed by atoms with E-state index in [0.717, 1.165) is 12.8 Å². The summed E-state index contributed by atoms with van der Waals surface area (Å²) in [6.45, 7) is 1.77. The van der Waals surface area contributed by atoms with Gasteiger partial charge in [-0.3, -0.25) is 9.78 Å². The monoisotopic (exact) mass is 263 g/mol. The summed E-state index contributed by atoms with van der Waals surface area (Å²) in [5.74, 6) is -0.589. The van der Waals surface area contributed by atoms with E-state index >= 15 is 0 Å². The smallest absolute Gasteiger partial charge is 0.340 e. The number of carbonyl (C=O) groups is 2. The number of esters is 1. The Bertz CT molecular complexity index is 498. The van der Waals surface area contributed by atoms with Crippen LogP contribution in [0, 0.1) is 6.92 Å². The lowest BCUT2D eigenvalue weighted by atomic mass is 10.2. The van der Waals surface area contributed by atoms with Crippen molar-refractivity contribution in [2.75, 3.05) is 12.3 Å². The van der Waals surface area contributed by atoms with E-state index in [9.17, 15) is 9.59 Å². The van der Waals surface area contributed by atoms with Gasteiger partial charge < -0.3 is 15.8 Å². The molecule has 0 radical (unpaired) electrons. The fourth-order valence-corrected chi connectivity index (χ4v) is 1.60. The van der Waals surface area contributed by atoms with Gasteiger partial charge in [-0.25, -0.2) is 4.79 Å². The standard InChI is InChI=1S/C13H17N3O3/c1-8-11(6-9(14)7-15-8)13(18)19-5-4-12(17)16-10-2-3-10/h6-7,10H,2-5,14H2,1H3,(H,16,17). The third kappa shape index (κ3) is 3.94. The van der Waals surface area contributed by atoms with E-state index in [4.69, 9.17) is 10.5 Å². The van der Waals surface area contributed by atoms with Gasteiger partial charge in [0.1, 0.15) is 6.61 Å². The third-order valence-electron chi connectivity index (χ3n) is 2.83. The van der Waals surface area contributed by atoms with Gasteiger partial charge in [-0.2, -0.15) is 0 Å². The number of aromatic nitrogens is 1. The lowest BCUT2D eigenvalue weighted by Crippen LogP contribution is -2.26. The highest BCUT2D eigenvalue weighted by Crippen LogP contribution is 2.18. The summed E-state index contributed by atoms with van der Waals surface area (Å²) in [5.41, 5.74) is 6.87. The second-order valence-electron chi connectivity index (χ2n) is 4.63. The molecule has 6 heteroatoms. The number of nitrogens with two attached hydrogens (primary N) is 1. The van der Waals surface area contributed by atoms with E-state index in [2.05, 4.69) is 10.3 Å². The largest absolute Gasteiger partial charge is 0.462 e. The zero-order valence-electron chi connectivity index (χ0n) is 10.8. The number of anilines is 1. The van der Waals surface area contributed by atoms with Gasteiger partial charge in [0.25, 0.3) is 0 Å². The van der Waals surface area contributed by atoms with Crippen LogP contribution < -0.4 is 11.1 Å². The summed E-state index contributed by atoms with van der Waals surface area (Å²) in [4.78, 5) is 27.2. The first-order valence-electron chi connectivity index (χ1n) is 6.25. The Morgan fingerprint density at radius 3 is 2.95 bits per heavy atom. The van der Waals surface area contributed by atoms with Crippen molar-refractivity contribution in [1.29, 1.82) is 0 Å².